The minimum absolute atomic E-state index is 0.0473. The standard InChI is InChI=1S/C19H26N2O3/c1-12(2)15(5)21(9-16-8-13(3)6-7-14(16)4)10-18-20-17(11-24-18)19(22)23/h6-8,11-12,15H,9-10H2,1-5H3,(H,22,23). The van der Waals surface area contributed by atoms with E-state index >= 15 is 0 Å². The monoisotopic (exact) mass is 330 g/mol. The van der Waals surface area contributed by atoms with Gasteiger partial charge < -0.3 is 9.52 Å². The van der Waals surface area contributed by atoms with Gasteiger partial charge in [-0.2, -0.15) is 0 Å². The van der Waals surface area contributed by atoms with Crippen molar-refractivity contribution >= 4 is 5.97 Å². The lowest BCUT2D eigenvalue weighted by Crippen LogP contribution is -2.36. The number of carbonyl (C=O) groups is 1. The van der Waals surface area contributed by atoms with E-state index in [0.29, 0.717) is 24.4 Å². The van der Waals surface area contributed by atoms with Crippen LogP contribution < -0.4 is 0 Å². The normalized spacial score (nSPS) is 12.8. The van der Waals surface area contributed by atoms with E-state index in [1.165, 1.54) is 23.0 Å². The Morgan fingerprint density at radius 2 is 1.96 bits per heavy atom. The molecule has 5 heteroatoms. The number of carboxylic acids is 1. The molecule has 0 spiro atoms. The molecule has 0 aliphatic rings. The van der Waals surface area contributed by atoms with Crippen molar-refractivity contribution in [3.05, 3.63) is 52.7 Å². The van der Waals surface area contributed by atoms with Crippen molar-refractivity contribution in [3.8, 4) is 0 Å². The summed E-state index contributed by atoms with van der Waals surface area (Å²) in [5, 5.41) is 9.00. The van der Waals surface area contributed by atoms with Gasteiger partial charge in [0, 0.05) is 12.6 Å². The maximum Gasteiger partial charge on any atom is 0.357 e. The molecule has 0 saturated carbocycles. The topological polar surface area (TPSA) is 66.6 Å². The van der Waals surface area contributed by atoms with E-state index in [9.17, 15) is 4.79 Å². The maximum atomic E-state index is 11.0. The van der Waals surface area contributed by atoms with Gasteiger partial charge in [0.2, 0.25) is 5.89 Å². The first kappa shape index (κ1) is 18.2. The van der Waals surface area contributed by atoms with Crippen LogP contribution in [0.2, 0.25) is 0 Å². The lowest BCUT2D eigenvalue weighted by atomic mass is 10.0. The van der Waals surface area contributed by atoms with Crippen LogP contribution in [0.4, 0.5) is 0 Å². The number of hydrogen-bond acceptors (Lipinski definition) is 4. The molecular formula is C19H26N2O3. The molecule has 0 aliphatic carbocycles. The van der Waals surface area contributed by atoms with Gasteiger partial charge in [0.05, 0.1) is 6.54 Å². The second kappa shape index (κ2) is 7.62. The van der Waals surface area contributed by atoms with Gasteiger partial charge in [-0.25, -0.2) is 9.78 Å². The van der Waals surface area contributed by atoms with Crippen molar-refractivity contribution in [2.75, 3.05) is 0 Å². The van der Waals surface area contributed by atoms with Gasteiger partial charge >= 0.3 is 5.97 Å². The quantitative estimate of drug-likeness (QED) is 0.830. The molecule has 0 amide bonds. The predicted molar refractivity (Wildman–Crippen MR) is 92.9 cm³/mol. The molecule has 0 fully saturated rings. The third-order valence-electron chi connectivity index (χ3n) is 4.53. The number of benzene rings is 1. The van der Waals surface area contributed by atoms with Crippen LogP contribution in [0.15, 0.2) is 28.9 Å². The summed E-state index contributed by atoms with van der Waals surface area (Å²) in [4.78, 5) is 17.3. The minimum Gasteiger partial charge on any atom is -0.476 e. The summed E-state index contributed by atoms with van der Waals surface area (Å²) in [5.41, 5.74) is 3.71. The van der Waals surface area contributed by atoms with E-state index in [2.05, 4.69) is 62.7 Å². The maximum absolute atomic E-state index is 11.0. The SMILES string of the molecule is Cc1ccc(C)c(CN(Cc2nc(C(=O)O)co2)C(C)C(C)C)c1. The zero-order valence-corrected chi connectivity index (χ0v) is 15.0. The van der Waals surface area contributed by atoms with E-state index in [1.54, 1.807) is 0 Å². The third-order valence-corrected chi connectivity index (χ3v) is 4.53. The number of oxazole rings is 1. The average Bonchev–Trinajstić information content (AvgIpc) is 2.98. The van der Waals surface area contributed by atoms with E-state index in [1.807, 2.05) is 0 Å². The molecule has 1 N–H and O–H groups in total. The molecule has 1 aromatic heterocycles. The van der Waals surface area contributed by atoms with Gasteiger partial charge in [-0.05, 0) is 37.8 Å². The summed E-state index contributed by atoms with van der Waals surface area (Å²) in [6.45, 7) is 12.0. The molecule has 5 nitrogen and oxygen atoms in total. The number of carboxylic acid groups (broad SMARTS) is 1. The Balaban J connectivity index is 2.23. The Morgan fingerprint density at radius 3 is 2.54 bits per heavy atom. The van der Waals surface area contributed by atoms with Crippen LogP contribution in [0.5, 0.6) is 0 Å². The van der Waals surface area contributed by atoms with Crippen LogP contribution >= 0.6 is 0 Å². The molecule has 24 heavy (non-hydrogen) atoms. The van der Waals surface area contributed by atoms with Gasteiger partial charge in [0.1, 0.15) is 6.26 Å². The fourth-order valence-electron chi connectivity index (χ4n) is 2.61. The van der Waals surface area contributed by atoms with E-state index in [-0.39, 0.29) is 5.69 Å². The van der Waals surface area contributed by atoms with E-state index < -0.39 is 5.97 Å². The molecule has 0 aliphatic heterocycles. The molecule has 0 radical (unpaired) electrons. The Hall–Kier alpha value is -2.14. The lowest BCUT2D eigenvalue weighted by Gasteiger charge is -2.31. The minimum atomic E-state index is -1.07. The van der Waals surface area contributed by atoms with Crippen LogP contribution in [-0.4, -0.2) is 27.0 Å². The van der Waals surface area contributed by atoms with Crippen molar-refractivity contribution in [1.29, 1.82) is 0 Å². The zero-order chi connectivity index (χ0) is 17.9. The largest absolute Gasteiger partial charge is 0.476 e. The highest BCUT2D eigenvalue weighted by Crippen LogP contribution is 2.20. The Bertz CT molecular complexity index is 706. The Labute approximate surface area is 143 Å². The molecule has 0 bridgehead atoms. The molecule has 130 valence electrons. The van der Waals surface area contributed by atoms with Gasteiger partial charge in [-0.15, -0.1) is 0 Å². The van der Waals surface area contributed by atoms with Crippen molar-refractivity contribution < 1.29 is 14.3 Å². The van der Waals surface area contributed by atoms with E-state index in [0.717, 1.165) is 6.54 Å². The zero-order valence-electron chi connectivity index (χ0n) is 15.0. The second-order valence-corrected chi connectivity index (χ2v) is 6.75. The molecule has 1 atom stereocenters. The number of nitrogens with zero attached hydrogens (tertiary/aromatic N) is 2. The first-order valence-electron chi connectivity index (χ1n) is 8.25. The molecule has 2 rings (SSSR count). The van der Waals surface area contributed by atoms with Gasteiger partial charge in [0.25, 0.3) is 0 Å². The summed E-state index contributed by atoms with van der Waals surface area (Å²) in [5.74, 6) is -0.169. The molecule has 1 heterocycles. The van der Waals surface area contributed by atoms with Crippen molar-refractivity contribution in [3.63, 3.8) is 0 Å². The Kier molecular flexibility index (Phi) is 5.78. The number of hydrogen-bond donors (Lipinski definition) is 1. The molecule has 1 unspecified atom stereocenters. The van der Waals surface area contributed by atoms with Crippen LogP contribution in [0.3, 0.4) is 0 Å². The second-order valence-electron chi connectivity index (χ2n) is 6.75. The van der Waals surface area contributed by atoms with Gasteiger partial charge in [-0.3, -0.25) is 4.90 Å². The summed E-state index contributed by atoms with van der Waals surface area (Å²) in [7, 11) is 0. The molecule has 1 aromatic carbocycles. The van der Waals surface area contributed by atoms with Crippen molar-refractivity contribution in [2.45, 2.75) is 53.8 Å². The van der Waals surface area contributed by atoms with Crippen LogP contribution in [-0.2, 0) is 13.1 Å². The third kappa shape index (κ3) is 4.45. The number of aromatic nitrogens is 1. The fourth-order valence-corrected chi connectivity index (χ4v) is 2.61. The lowest BCUT2D eigenvalue weighted by molar-refractivity contribution is 0.0690. The fraction of sp³-hybridized carbons (Fsp3) is 0.474. The highest BCUT2D eigenvalue weighted by atomic mass is 16.4. The predicted octanol–water partition coefficient (Wildman–Crippen LogP) is 4.04. The summed E-state index contributed by atoms with van der Waals surface area (Å²) >= 11 is 0. The highest BCUT2D eigenvalue weighted by Gasteiger charge is 2.21. The number of rotatable bonds is 7. The van der Waals surface area contributed by atoms with Crippen molar-refractivity contribution in [2.24, 2.45) is 5.92 Å². The van der Waals surface area contributed by atoms with Crippen LogP contribution in [0.1, 0.15) is 53.8 Å². The summed E-state index contributed by atoms with van der Waals surface area (Å²) in [6.07, 6.45) is 1.20. The van der Waals surface area contributed by atoms with Crippen LogP contribution in [0, 0.1) is 19.8 Å². The number of aryl methyl sites for hydroxylation is 2. The highest BCUT2D eigenvalue weighted by molar-refractivity contribution is 5.84. The summed E-state index contributed by atoms with van der Waals surface area (Å²) < 4.78 is 5.34. The van der Waals surface area contributed by atoms with Gasteiger partial charge in [-0.1, -0.05) is 37.6 Å². The van der Waals surface area contributed by atoms with E-state index in [4.69, 9.17) is 9.52 Å². The first-order chi connectivity index (χ1) is 11.3. The van der Waals surface area contributed by atoms with Crippen molar-refractivity contribution in [1.82, 2.24) is 9.88 Å². The summed E-state index contributed by atoms with van der Waals surface area (Å²) in [6, 6.07) is 6.76. The first-order valence-corrected chi connectivity index (χ1v) is 8.25. The Morgan fingerprint density at radius 1 is 1.25 bits per heavy atom. The van der Waals surface area contributed by atoms with Crippen LogP contribution in [0.25, 0.3) is 0 Å². The smallest absolute Gasteiger partial charge is 0.357 e. The molecule has 0 saturated heterocycles. The average molecular weight is 330 g/mol. The number of aromatic carboxylic acids is 1. The molecular weight excluding hydrogens is 304 g/mol. The molecule has 2 aromatic rings. The van der Waals surface area contributed by atoms with Gasteiger partial charge in [0.15, 0.2) is 5.69 Å².